The second-order valence-electron chi connectivity index (χ2n) is 7.63. The Morgan fingerprint density at radius 1 is 0.667 bits per heavy atom. The van der Waals surface area contributed by atoms with Gasteiger partial charge in [-0.15, -0.1) is 11.3 Å². The SMILES string of the molecule is CC(C)c1ccccc1N(I)c1cccc2c1sc1c(C(C)C)cccc12. The molecule has 3 aromatic carbocycles. The lowest BCUT2D eigenvalue weighted by Crippen LogP contribution is -2.05. The van der Waals surface area contributed by atoms with Crippen LogP contribution >= 0.6 is 34.2 Å². The first-order valence-corrected chi connectivity index (χ1v) is 11.3. The minimum absolute atomic E-state index is 0.493. The molecule has 0 aliphatic rings. The number of thiophene rings is 1. The van der Waals surface area contributed by atoms with Crippen LogP contribution in [0.4, 0.5) is 11.4 Å². The van der Waals surface area contributed by atoms with Crippen molar-refractivity contribution in [3.05, 3.63) is 71.8 Å². The number of para-hydroxylation sites is 1. The Bertz CT molecular complexity index is 1110. The first-order chi connectivity index (χ1) is 13.0. The molecule has 0 aliphatic carbocycles. The molecular weight excluding hydrogens is 461 g/mol. The Hall–Kier alpha value is -1.59. The van der Waals surface area contributed by atoms with Crippen molar-refractivity contribution in [1.29, 1.82) is 0 Å². The van der Waals surface area contributed by atoms with Crippen LogP contribution in [0, 0.1) is 0 Å². The molecule has 138 valence electrons. The number of halogens is 1. The van der Waals surface area contributed by atoms with Crippen molar-refractivity contribution in [1.82, 2.24) is 0 Å². The molecule has 0 bridgehead atoms. The van der Waals surface area contributed by atoms with Crippen LogP contribution in [0.25, 0.3) is 20.2 Å². The van der Waals surface area contributed by atoms with E-state index in [0.717, 1.165) is 0 Å². The van der Waals surface area contributed by atoms with E-state index in [0.29, 0.717) is 11.8 Å². The third kappa shape index (κ3) is 3.25. The van der Waals surface area contributed by atoms with Crippen LogP contribution in [-0.2, 0) is 0 Å². The van der Waals surface area contributed by atoms with Crippen LogP contribution < -0.4 is 3.11 Å². The largest absolute Gasteiger partial charge is 0.281 e. The Balaban J connectivity index is 1.96. The van der Waals surface area contributed by atoms with Gasteiger partial charge in [-0.1, -0.05) is 76.2 Å². The van der Waals surface area contributed by atoms with Gasteiger partial charge in [-0.05, 0) is 35.1 Å². The summed E-state index contributed by atoms with van der Waals surface area (Å²) in [5.74, 6) is 1.02. The smallest absolute Gasteiger partial charge is 0.0689 e. The molecule has 0 saturated heterocycles. The summed E-state index contributed by atoms with van der Waals surface area (Å²) >= 11 is 4.40. The molecule has 1 heterocycles. The fourth-order valence-electron chi connectivity index (χ4n) is 3.72. The summed E-state index contributed by atoms with van der Waals surface area (Å²) in [4.78, 5) is 0. The highest BCUT2D eigenvalue weighted by molar-refractivity contribution is 14.1. The van der Waals surface area contributed by atoms with Gasteiger partial charge in [0.25, 0.3) is 0 Å². The molecule has 0 amide bonds. The lowest BCUT2D eigenvalue weighted by atomic mass is 10.00. The molecule has 1 nitrogen and oxygen atoms in total. The quantitative estimate of drug-likeness (QED) is 0.206. The van der Waals surface area contributed by atoms with Crippen LogP contribution in [0.1, 0.15) is 50.7 Å². The maximum absolute atomic E-state index is 2.47. The zero-order valence-corrected chi connectivity index (χ0v) is 19.1. The molecule has 0 atom stereocenters. The van der Waals surface area contributed by atoms with Gasteiger partial charge in [0.15, 0.2) is 0 Å². The van der Waals surface area contributed by atoms with E-state index in [-0.39, 0.29) is 0 Å². The van der Waals surface area contributed by atoms with Crippen LogP contribution in [0.15, 0.2) is 60.7 Å². The Morgan fingerprint density at radius 3 is 1.93 bits per heavy atom. The monoisotopic (exact) mass is 485 g/mol. The zero-order valence-electron chi connectivity index (χ0n) is 16.2. The van der Waals surface area contributed by atoms with Crippen LogP contribution in [0.2, 0.25) is 0 Å². The van der Waals surface area contributed by atoms with Gasteiger partial charge in [0, 0.05) is 15.5 Å². The van der Waals surface area contributed by atoms with Crippen molar-refractivity contribution in [2.24, 2.45) is 0 Å². The fourth-order valence-corrected chi connectivity index (χ4v) is 6.19. The van der Waals surface area contributed by atoms with E-state index in [4.69, 9.17) is 0 Å². The molecule has 1 aromatic heterocycles. The Morgan fingerprint density at radius 2 is 1.22 bits per heavy atom. The minimum Gasteiger partial charge on any atom is -0.281 e. The maximum atomic E-state index is 2.47. The molecule has 27 heavy (non-hydrogen) atoms. The van der Waals surface area contributed by atoms with Crippen molar-refractivity contribution in [3.8, 4) is 0 Å². The van der Waals surface area contributed by atoms with E-state index in [2.05, 4.69) is 114 Å². The van der Waals surface area contributed by atoms with Crippen molar-refractivity contribution >= 4 is 65.7 Å². The summed E-state index contributed by atoms with van der Waals surface area (Å²) in [6.07, 6.45) is 0. The molecular formula is C24H24INS. The molecule has 3 heteroatoms. The topological polar surface area (TPSA) is 3.24 Å². The number of benzene rings is 3. The predicted molar refractivity (Wildman–Crippen MR) is 130 cm³/mol. The lowest BCUT2D eigenvalue weighted by Gasteiger charge is -2.22. The highest BCUT2D eigenvalue weighted by Gasteiger charge is 2.18. The van der Waals surface area contributed by atoms with Gasteiger partial charge >= 0.3 is 0 Å². The average Bonchev–Trinajstić information content (AvgIpc) is 3.06. The van der Waals surface area contributed by atoms with Crippen molar-refractivity contribution in [3.63, 3.8) is 0 Å². The van der Waals surface area contributed by atoms with Crippen molar-refractivity contribution in [2.75, 3.05) is 3.11 Å². The third-order valence-electron chi connectivity index (χ3n) is 5.14. The maximum Gasteiger partial charge on any atom is 0.0689 e. The van der Waals surface area contributed by atoms with Gasteiger partial charge in [0.2, 0.25) is 0 Å². The highest BCUT2D eigenvalue weighted by Crippen LogP contribution is 2.45. The van der Waals surface area contributed by atoms with Crippen LogP contribution in [-0.4, -0.2) is 0 Å². The van der Waals surface area contributed by atoms with Gasteiger partial charge < -0.3 is 0 Å². The summed E-state index contributed by atoms with van der Waals surface area (Å²) in [5, 5.41) is 2.74. The summed E-state index contributed by atoms with van der Waals surface area (Å²) in [6.45, 7) is 9.09. The summed E-state index contributed by atoms with van der Waals surface area (Å²) in [7, 11) is 0. The predicted octanol–water partition coefficient (Wildman–Crippen LogP) is 8.79. The molecule has 4 rings (SSSR count). The second kappa shape index (κ2) is 7.44. The van der Waals surface area contributed by atoms with E-state index in [1.54, 1.807) is 0 Å². The number of hydrogen-bond acceptors (Lipinski definition) is 2. The van der Waals surface area contributed by atoms with E-state index >= 15 is 0 Å². The average molecular weight is 485 g/mol. The fraction of sp³-hybridized carbons (Fsp3) is 0.250. The van der Waals surface area contributed by atoms with E-state index in [9.17, 15) is 0 Å². The molecule has 0 unspecified atom stereocenters. The Kier molecular flexibility index (Phi) is 5.17. The second-order valence-corrected chi connectivity index (χ2v) is 9.61. The standard InChI is InChI=1S/C24H24INS/c1-15(2)17-9-5-6-13-21(17)26(25)22-14-8-12-20-19-11-7-10-18(16(3)4)23(19)27-24(20)22/h5-16H,1-4H3. The van der Waals surface area contributed by atoms with Crippen molar-refractivity contribution < 1.29 is 0 Å². The molecule has 0 aliphatic heterocycles. The molecule has 0 spiro atoms. The Labute approximate surface area is 179 Å². The summed E-state index contributed by atoms with van der Waals surface area (Å²) in [6, 6.07) is 22.2. The van der Waals surface area contributed by atoms with E-state index in [1.807, 2.05) is 11.3 Å². The van der Waals surface area contributed by atoms with Gasteiger partial charge in [-0.25, -0.2) is 0 Å². The molecule has 4 aromatic rings. The first kappa shape index (κ1) is 18.8. The number of fused-ring (bicyclic) bond motifs is 3. The van der Waals surface area contributed by atoms with Gasteiger partial charge in [-0.2, -0.15) is 0 Å². The molecule has 0 saturated carbocycles. The molecule has 0 N–H and O–H groups in total. The van der Waals surface area contributed by atoms with Crippen LogP contribution in [0.5, 0.6) is 0 Å². The normalized spacial score (nSPS) is 11.8. The minimum atomic E-state index is 0.493. The highest BCUT2D eigenvalue weighted by atomic mass is 127. The molecule has 0 radical (unpaired) electrons. The third-order valence-corrected chi connectivity index (χ3v) is 7.47. The number of nitrogens with zero attached hydrogens (tertiary/aromatic N) is 1. The van der Waals surface area contributed by atoms with E-state index < -0.39 is 0 Å². The van der Waals surface area contributed by atoms with Gasteiger partial charge in [0.05, 0.1) is 38.9 Å². The van der Waals surface area contributed by atoms with E-state index in [1.165, 1.54) is 42.7 Å². The summed E-state index contributed by atoms with van der Waals surface area (Å²) < 4.78 is 5.13. The lowest BCUT2D eigenvalue weighted by molar-refractivity contribution is 0.868. The number of hydrogen-bond donors (Lipinski definition) is 0. The number of rotatable bonds is 4. The summed E-state index contributed by atoms with van der Waals surface area (Å²) in [5.41, 5.74) is 5.38. The zero-order chi connectivity index (χ0) is 19.1. The van der Waals surface area contributed by atoms with Crippen LogP contribution in [0.3, 0.4) is 0 Å². The van der Waals surface area contributed by atoms with Gasteiger partial charge in [-0.3, -0.25) is 3.11 Å². The first-order valence-electron chi connectivity index (χ1n) is 9.48. The van der Waals surface area contributed by atoms with Gasteiger partial charge in [0.1, 0.15) is 0 Å². The van der Waals surface area contributed by atoms with Crippen molar-refractivity contribution in [2.45, 2.75) is 39.5 Å². The number of anilines is 2. The molecule has 0 fully saturated rings.